The van der Waals surface area contributed by atoms with Crippen LogP contribution in [0, 0.1) is 5.41 Å². The smallest absolute Gasteiger partial charge is 0.130 e. The molecular formula is C11H22O. The van der Waals surface area contributed by atoms with E-state index in [1.807, 2.05) is 0 Å². The molecule has 1 heteroatoms. The molecule has 0 aliphatic carbocycles. The summed E-state index contributed by atoms with van der Waals surface area (Å²) in [5.41, 5.74) is 0.273. The van der Waals surface area contributed by atoms with Gasteiger partial charge in [0.05, 0.1) is 0 Å². The molecule has 0 aromatic rings. The van der Waals surface area contributed by atoms with E-state index in [2.05, 4.69) is 20.8 Å². The Balaban J connectivity index is 4.07. The summed E-state index contributed by atoms with van der Waals surface area (Å²) in [6.45, 7) is 8.31. The van der Waals surface area contributed by atoms with Crippen LogP contribution in [0.15, 0.2) is 0 Å². The van der Waals surface area contributed by atoms with E-state index in [-0.39, 0.29) is 5.41 Å². The second kappa shape index (κ2) is 5.34. The first-order valence-electron chi connectivity index (χ1n) is 5.03. The Hall–Kier alpha value is -0.330. The van der Waals surface area contributed by atoms with E-state index in [9.17, 15) is 4.79 Å². The third-order valence-corrected chi connectivity index (χ3v) is 2.38. The Morgan fingerprint density at radius 1 is 1.17 bits per heavy atom. The molecule has 0 aliphatic rings. The molecule has 0 rings (SSSR count). The summed E-state index contributed by atoms with van der Waals surface area (Å²) >= 11 is 0. The molecule has 0 aromatic heterocycles. The fourth-order valence-corrected chi connectivity index (χ4v) is 2.11. The number of Topliss-reactive ketones (excluding diaryl/α,β-unsaturated/α-hetero) is 1. The minimum Gasteiger partial charge on any atom is -0.300 e. The van der Waals surface area contributed by atoms with Crippen LogP contribution in [0.2, 0.25) is 0 Å². The average Bonchev–Trinajstić information content (AvgIpc) is 1.85. The topological polar surface area (TPSA) is 17.1 Å². The summed E-state index contributed by atoms with van der Waals surface area (Å²) in [6, 6.07) is 0. The van der Waals surface area contributed by atoms with Gasteiger partial charge < -0.3 is 4.79 Å². The van der Waals surface area contributed by atoms with Gasteiger partial charge in [-0.1, -0.05) is 33.6 Å². The summed E-state index contributed by atoms with van der Waals surface area (Å²) in [5.74, 6) is 0.333. The van der Waals surface area contributed by atoms with Gasteiger partial charge >= 0.3 is 0 Å². The monoisotopic (exact) mass is 170 g/mol. The lowest BCUT2D eigenvalue weighted by Crippen LogP contribution is -2.19. The van der Waals surface area contributed by atoms with Crippen LogP contribution >= 0.6 is 0 Å². The molecule has 0 amide bonds. The predicted molar refractivity (Wildman–Crippen MR) is 53.2 cm³/mol. The summed E-state index contributed by atoms with van der Waals surface area (Å²) < 4.78 is 0. The standard InChI is InChI=1S/C11H22O/c1-5-7-11(4,8-6-2)9-10(3)12/h5-9H2,1-4H3. The van der Waals surface area contributed by atoms with E-state index in [1.54, 1.807) is 6.92 Å². The lowest BCUT2D eigenvalue weighted by Gasteiger charge is -2.27. The van der Waals surface area contributed by atoms with Crippen molar-refractivity contribution in [1.29, 1.82) is 0 Å². The molecule has 0 fully saturated rings. The van der Waals surface area contributed by atoms with Crippen LogP contribution in [-0.2, 0) is 4.79 Å². The van der Waals surface area contributed by atoms with Gasteiger partial charge in [0, 0.05) is 6.42 Å². The van der Waals surface area contributed by atoms with Crippen molar-refractivity contribution in [1.82, 2.24) is 0 Å². The van der Waals surface area contributed by atoms with Crippen molar-refractivity contribution in [2.75, 3.05) is 0 Å². The molecule has 1 nitrogen and oxygen atoms in total. The van der Waals surface area contributed by atoms with E-state index in [0.29, 0.717) is 5.78 Å². The van der Waals surface area contributed by atoms with Gasteiger partial charge in [-0.2, -0.15) is 0 Å². The van der Waals surface area contributed by atoms with Crippen LogP contribution in [0.25, 0.3) is 0 Å². The van der Waals surface area contributed by atoms with E-state index in [0.717, 1.165) is 6.42 Å². The number of hydrogen-bond donors (Lipinski definition) is 0. The highest BCUT2D eigenvalue weighted by Crippen LogP contribution is 2.32. The Bertz CT molecular complexity index is 132. The van der Waals surface area contributed by atoms with Gasteiger partial charge in [-0.3, -0.25) is 0 Å². The molecule has 0 saturated heterocycles. The van der Waals surface area contributed by atoms with Crippen LogP contribution < -0.4 is 0 Å². The highest BCUT2D eigenvalue weighted by atomic mass is 16.1. The van der Waals surface area contributed by atoms with Gasteiger partial charge in [-0.25, -0.2) is 0 Å². The largest absolute Gasteiger partial charge is 0.300 e. The van der Waals surface area contributed by atoms with Gasteiger partial charge in [-0.15, -0.1) is 0 Å². The molecule has 0 radical (unpaired) electrons. The Morgan fingerprint density at radius 3 is 1.83 bits per heavy atom. The van der Waals surface area contributed by atoms with Gasteiger partial charge in [0.15, 0.2) is 0 Å². The van der Waals surface area contributed by atoms with Crippen LogP contribution in [0.3, 0.4) is 0 Å². The molecule has 0 bridgehead atoms. The maximum atomic E-state index is 11.0. The maximum Gasteiger partial charge on any atom is 0.130 e. The third kappa shape index (κ3) is 4.53. The highest BCUT2D eigenvalue weighted by Gasteiger charge is 2.23. The molecule has 0 heterocycles. The van der Waals surface area contributed by atoms with Crippen molar-refractivity contribution >= 4 is 5.78 Å². The number of carbonyl (C=O) groups is 1. The first-order chi connectivity index (χ1) is 5.54. The van der Waals surface area contributed by atoms with Crippen molar-refractivity contribution in [2.24, 2.45) is 5.41 Å². The number of hydrogen-bond acceptors (Lipinski definition) is 1. The molecule has 0 aliphatic heterocycles. The van der Waals surface area contributed by atoms with Crippen LogP contribution in [-0.4, -0.2) is 5.78 Å². The van der Waals surface area contributed by atoms with Gasteiger partial charge in [0.2, 0.25) is 0 Å². The summed E-state index contributed by atoms with van der Waals surface area (Å²) in [6.07, 6.45) is 5.49. The van der Waals surface area contributed by atoms with E-state index in [1.165, 1.54) is 25.7 Å². The predicted octanol–water partition coefficient (Wildman–Crippen LogP) is 3.57. The second-order valence-electron chi connectivity index (χ2n) is 4.19. The fraction of sp³-hybridized carbons (Fsp3) is 0.909. The molecular weight excluding hydrogens is 148 g/mol. The number of carbonyl (C=O) groups excluding carboxylic acids is 1. The zero-order chi connectivity index (χ0) is 9.61. The quantitative estimate of drug-likeness (QED) is 0.595. The molecule has 0 unspecified atom stereocenters. The molecule has 0 spiro atoms. The minimum atomic E-state index is 0.273. The maximum absolute atomic E-state index is 11.0. The highest BCUT2D eigenvalue weighted by molar-refractivity contribution is 5.76. The van der Waals surface area contributed by atoms with Crippen molar-refractivity contribution in [3.8, 4) is 0 Å². The molecule has 72 valence electrons. The van der Waals surface area contributed by atoms with Crippen molar-refractivity contribution in [3.05, 3.63) is 0 Å². The Kier molecular flexibility index (Phi) is 5.19. The molecule has 0 saturated carbocycles. The summed E-state index contributed by atoms with van der Waals surface area (Å²) in [5, 5.41) is 0. The number of rotatable bonds is 6. The van der Waals surface area contributed by atoms with Crippen molar-refractivity contribution in [2.45, 2.75) is 59.8 Å². The first-order valence-corrected chi connectivity index (χ1v) is 5.03. The van der Waals surface area contributed by atoms with Gasteiger partial charge in [0.1, 0.15) is 5.78 Å². The molecule has 12 heavy (non-hydrogen) atoms. The molecule has 0 aromatic carbocycles. The fourth-order valence-electron chi connectivity index (χ4n) is 2.11. The van der Waals surface area contributed by atoms with Crippen molar-refractivity contribution < 1.29 is 4.79 Å². The SMILES string of the molecule is CCCC(C)(CCC)CC(C)=O. The lowest BCUT2D eigenvalue weighted by atomic mass is 9.77. The zero-order valence-electron chi connectivity index (χ0n) is 8.94. The average molecular weight is 170 g/mol. The molecule has 0 atom stereocenters. The summed E-state index contributed by atoms with van der Waals surface area (Å²) in [4.78, 5) is 11.0. The van der Waals surface area contributed by atoms with Crippen LogP contribution in [0.1, 0.15) is 59.8 Å². The van der Waals surface area contributed by atoms with E-state index in [4.69, 9.17) is 0 Å². The second-order valence-corrected chi connectivity index (χ2v) is 4.19. The van der Waals surface area contributed by atoms with E-state index >= 15 is 0 Å². The van der Waals surface area contributed by atoms with Crippen LogP contribution in [0.5, 0.6) is 0 Å². The van der Waals surface area contributed by atoms with Gasteiger partial charge in [-0.05, 0) is 25.2 Å². The van der Waals surface area contributed by atoms with Crippen LogP contribution in [0.4, 0.5) is 0 Å². The Labute approximate surface area is 76.6 Å². The summed E-state index contributed by atoms with van der Waals surface area (Å²) in [7, 11) is 0. The minimum absolute atomic E-state index is 0.273. The third-order valence-electron chi connectivity index (χ3n) is 2.38. The zero-order valence-corrected chi connectivity index (χ0v) is 8.94. The number of ketones is 1. The lowest BCUT2D eigenvalue weighted by molar-refractivity contribution is -0.119. The van der Waals surface area contributed by atoms with E-state index < -0.39 is 0 Å². The Morgan fingerprint density at radius 2 is 1.58 bits per heavy atom. The normalized spacial score (nSPS) is 11.7. The van der Waals surface area contributed by atoms with Gasteiger partial charge in [0.25, 0.3) is 0 Å². The molecule has 0 N–H and O–H groups in total. The first kappa shape index (κ1) is 11.7. The van der Waals surface area contributed by atoms with Crippen molar-refractivity contribution in [3.63, 3.8) is 0 Å².